The molecule has 7 heteroatoms. The van der Waals surface area contributed by atoms with E-state index >= 15 is 0 Å². The lowest BCUT2D eigenvalue weighted by Crippen LogP contribution is -2.31. The van der Waals surface area contributed by atoms with E-state index in [0.29, 0.717) is 13.0 Å². The van der Waals surface area contributed by atoms with Gasteiger partial charge in [-0.3, -0.25) is 9.59 Å². The van der Waals surface area contributed by atoms with E-state index in [1.807, 2.05) is 66.7 Å². The second-order valence-corrected chi connectivity index (χ2v) is 8.29. The number of hydrogen-bond donors (Lipinski definition) is 1. The summed E-state index contributed by atoms with van der Waals surface area (Å²) < 4.78 is 6.33. The van der Waals surface area contributed by atoms with Gasteiger partial charge in [-0.05, 0) is 29.2 Å². The summed E-state index contributed by atoms with van der Waals surface area (Å²) in [7, 11) is 0. The van der Waals surface area contributed by atoms with Crippen molar-refractivity contribution in [1.82, 2.24) is 15.1 Å². The zero-order valence-electron chi connectivity index (χ0n) is 19.7. The molecule has 0 unspecified atom stereocenters. The molecule has 36 heavy (non-hydrogen) atoms. The minimum Gasteiger partial charge on any atom is -0.451 e. The molecule has 1 amide bonds. The number of ether oxygens (including phenoxy) is 1. The van der Waals surface area contributed by atoms with Gasteiger partial charge in [0.15, 0.2) is 12.3 Å². The van der Waals surface area contributed by atoms with Crippen molar-refractivity contribution < 1.29 is 14.3 Å². The fraction of sp³-hybridized carbons (Fsp3) is 0.172. The molecule has 0 spiro atoms. The second-order valence-electron chi connectivity index (χ2n) is 8.29. The van der Waals surface area contributed by atoms with Crippen LogP contribution in [-0.2, 0) is 16.1 Å². The van der Waals surface area contributed by atoms with Gasteiger partial charge >= 0.3 is 5.97 Å². The first kappa shape index (κ1) is 24.6. The molecule has 0 atom stereocenters. The first-order valence-electron chi connectivity index (χ1n) is 11.8. The number of carbonyl (C=O) groups excluding carboxylic acids is 2. The summed E-state index contributed by atoms with van der Waals surface area (Å²) in [5, 5.41) is 6.92. The average Bonchev–Trinajstić information content (AvgIpc) is 2.92. The van der Waals surface area contributed by atoms with Crippen molar-refractivity contribution in [1.29, 1.82) is 0 Å². The Labute approximate surface area is 209 Å². The number of aromatic nitrogens is 2. The van der Waals surface area contributed by atoms with Crippen LogP contribution in [0.1, 0.15) is 39.5 Å². The minimum absolute atomic E-state index is 0.0356. The molecule has 0 aliphatic heterocycles. The molecular weight excluding hydrogens is 454 g/mol. The summed E-state index contributed by atoms with van der Waals surface area (Å²) in [6.07, 6.45) is 0.694. The predicted octanol–water partition coefficient (Wildman–Crippen LogP) is 3.79. The van der Waals surface area contributed by atoms with Crippen LogP contribution in [0.25, 0.3) is 0 Å². The zero-order valence-corrected chi connectivity index (χ0v) is 19.7. The molecule has 182 valence electrons. The fourth-order valence-corrected chi connectivity index (χ4v) is 3.94. The Balaban J connectivity index is 1.30. The number of esters is 1. The SMILES string of the molecule is O=C(COC(=O)c1ccc(=O)n(Cc2ccccc2)n1)NCCC(c1ccccc1)c1ccccc1. The van der Waals surface area contributed by atoms with Crippen LogP contribution in [0.2, 0.25) is 0 Å². The predicted molar refractivity (Wildman–Crippen MR) is 137 cm³/mol. The van der Waals surface area contributed by atoms with Gasteiger partial charge in [-0.25, -0.2) is 9.48 Å². The van der Waals surface area contributed by atoms with Crippen LogP contribution in [0.15, 0.2) is 108 Å². The van der Waals surface area contributed by atoms with Crippen LogP contribution in [-0.4, -0.2) is 34.8 Å². The van der Waals surface area contributed by atoms with Crippen LogP contribution >= 0.6 is 0 Å². The molecule has 1 N–H and O–H groups in total. The highest BCUT2D eigenvalue weighted by molar-refractivity contribution is 5.89. The van der Waals surface area contributed by atoms with Gasteiger partial charge in [-0.2, -0.15) is 5.10 Å². The van der Waals surface area contributed by atoms with Crippen LogP contribution < -0.4 is 10.9 Å². The summed E-state index contributed by atoms with van der Waals surface area (Å²) in [4.78, 5) is 36.9. The summed E-state index contributed by atoms with van der Waals surface area (Å²) in [6.45, 7) is 0.218. The zero-order chi connectivity index (χ0) is 25.2. The number of amides is 1. The third-order valence-electron chi connectivity index (χ3n) is 5.74. The van der Waals surface area contributed by atoms with Gasteiger partial charge in [-0.1, -0.05) is 91.0 Å². The van der Waals surface area contributed by atoms with E-state index in [9.17, 15) is 14.4 Å². The van der Waals surface area contributed by atoms with Gasteiger partial charge in [0.2, 0.25) is 0 Å². The van der Waals surface area contributed by atoms with E-state index in [0.717, 1.165) is 5.56 Å². The summed E-state index contributed by atoms with van der Waals surface area (Å²) in [6, 6.07) is 32.1. The lowest BCUT2D eigenvalue weighted by Gasteiger charge is -2.18. The third-order valence-corrected chi connectivity index (χ3v) is 5.74. The number of nitrogens with zero attached hydrogens (tertiary/aromatic N) is 2. The quantitative estimate of drug-likeness (QED) is 0.348. The average molecular weight is 482 g/mol. The van der Waals surface area contributed by atoms with Crippen molar-refractivity contribution in [3.63, 3.8) is 0 Å². The van der Waals surface area contributed by atoms with Gasteiger partial charge in [0.25, 0.3) is 11.5 Å². The normalized spacial score (nSPS) is 10.7. The molecule has 0 saturated heterocycles. The Morgan fingerprint density at radius 2 is 1.39 bits per heavy atom. The first-order valence-corrected chi connectivity index (χ1v) is 11.8. The van der Waals surface area contributed by atoms with Crippen LogP contribution in [0, 0.1) is 0 Å². The van der Waals surface area contributed by atoms with Crippen molar-refractivity contribution in [3.05, 3.63) is 136 Å². The lowest BCUT2D eigenvalue weighted by atomic mass is 9.88. The molecular formula is C29H27N3O4. The molecule has 0 fully saturated rings. The molecule has 0 radical (unpaired) electrons. The smallest absolute Gasteiger partial charge is 0.359 e. The first-order chi connectivity index (χ1) is 17.6. The third kappa shape index (κ3) is 6.76. The van der Waals surface area contributed by atoms with Crippen molar-refractivity contribution in [2.75, 3.05) is 13.2 Å². The molecule has 4 aromatic rings. The number of benzene rings is 3. The summed E-state index contributed by atoms with van der Waals surface area (Å²) in [5.41, 5.74) is 2.84. The molecule has 1 aromatic heterocycles. The van der Waals surface area contributed by atoms with Crippen molar-refractivity contribution in [2.45, 2.75) is 18.9 Å². The Kier molecular flexibility index (Phi) is 8.38. The van der Waals surface area contributed by atoms with Gasteiger partial charge in [-0.15, -0.1) is 0 Å². The lowest BCUT2D eigenvalue weighted by molar-refractivity contribution is -0.124. The van der Waals surface area contributed by atoms with E-state index in [4.69, 9.17) is 4.74 Å². The Morgan fingerprint density at radius 3 is 2.00 bits per heavy atom. The monoisotopic (exact) mass is 481 g/mol. The van der Waals surface area contributed by atoms with E-state index in [-0.39, 0.29) is 23.7 Å². The number of carbonyl (C=O) groups is 2. The highest BCUT2D eigenvalue weighted by atomic mass is 16.5. The minimum atomic E-state index is -0.765. The van der Waals surface area contributed by atoms with Crippen LogP contribution in [0.4, 0.5) is 0 Å². The number of hydrogen-bond acceptors (Lipinski definition) is 5. The summed E-state index contributed by atoms with van der Waals surface area (Å²) in [5.74, 6) is -1.04. The highest BCUT2D eigenvalue weighted by Crippen LogP contribution is 2.27. The van der Waals surface area contributed by atoms with Gasteiger partial charge in [0.05, 0.1) is 6.54 Å². The fourth-order valence-electron chi connectivity index (χ4n) is 3.94. The van der Waals surface area contributed by atoms with Gasteiger partial charge in [0.1, 0.15) is 0 Å². The Hall–Kier alpha value is -4.52. The standard InChI is InChI=1S/C29H27N3O4/c33-27(30-19-18-25(23-12-6-2-7-13-23)24-14-8-3-9-15-24)21-36-29(35)26-16-17-28(34)32(31-26)20-22-10-4-1-5-11-22/h1-17,25H,18-21H2,(H,30,33). The molecule has 0 bridgehead atoms. The molecule has 3 aromatic carbocycles. The van der Waals surface area contributed by atoms with Gasteiger partial charge < -0.3 is 10.1 Å². The maximum absolute atomic E-state index is 12.4. The Bertz CT molecular complexity index is 1300. The van der Waals surface area contributed by atoms with E-state index in [1.165, 1.54) is 27.9 Å². The molecule has 1 heterocycles. The molecule has 0 aliphatic rings. The molecule has 4 rings (SSSR count). The van der Waals surface area contributed by atoms with Crippen LogP contribution in [0.3, 0.4) is 0 Å². The van der Waals surface area contributed by atoms with Gasteiger partial charge in [0, 0.05) is 18.5 Å². The second kappa shape index (κ2) is 12.3. The topological polar surface area (TPSA) is 90.3 Å². The van der Waals surface area contributed by atoms with Crippen LogP contribution in [0.5, 0.6) is 0 Å². The van der Waals surface area contributed by atoms with Crippen molar-refractivity contribution >= 4 is 11.9 Å². The van der Waals surface area contributed by atoms with Crippen molar-refractivity contribution in [2.24, 2.45) is 0 Å². The van der Waals surface area contributed by atoms with E-state index in [2.05, 4.69) is 34.7 Å². The number of nitrogens with one attached hydrogen (secondary N) is 1. The van der Waals surface area contributed by atoms with Crippen molar-refractivity contribution in [3.8, 4) is 0 Å². The maximum Gasteiger partial charge on any atom is 0.359 e. The summed E-state index contributed by atoms with van der Waals surface area (Å²) >= 11 is 0. The Morgan fingerprint density at radius 1 is 0.806 bits per heavy atom. The molecule has 0 saturated carbocycles. The largest absolute Gasteiger partial charge is 0.451 e. The highest BCUT2D eigenvalue weighted by Gasteiger charge is 2.16. The van der Waals surface area contributed by atoms with E-state index < -0.39 is 18.5 Å². The molecule has 0 aliphatic carbocycles. The van der Waals surface area contributed by atoms with E-state index in [1.54, 1.807) is 0 Å². The number of rotatable bonds is 10. The maximum atomic E-state index is 12.4. The molecule has 7 nitrogen and oxygen atoms in total.